The topological polar surface area (TPSA) is 108 Å². The van der Waals surface area contributed by atoms with Crippen molar-refractivity contribution in [3.05, 3.63) is 97.2 Å². The normalized spacial score (nSPS) is 14.3. The number of carbonyl (C=O) groups excluding carboxylic acids is 1. The molecular formula is C74H135N2O6P. The fraction of sp³-hybridized carbons (Fsp3) is 0.770. The molecule has 9 heteroatoms. The van der Waals surface area contributed by atoms with Gasteiger partial charge in [-0.15, -0.1) is 0 Å². The fourth-order valence-corrected chi connectivity index (χ4v) is 10.8. The van der Waals surface area contributed by atoms with Crippen molar-refractivity contribution in [1.29, 1.82) is 0 Å². The van der Waals surface area contributed by atoms with E-state index in [-0.39, 0.29) is 12.5 Å². The van der Waals surface area contributed by atoms with Gasteiger partial charge in [-0.2, -0.15) is 0 Å². The lowest BCUT2D eigenvalue weighted by Gasteiger charge is -2.29. The number of phosphoric acid groups is 1. The van der Waals surface area contributed by atoms with Gasteiger partial charge in [-0.25, -0.2) is 0 Å². The summed E-state index contributed by atoms with van der Waals surface area (Å²) < 4.78 is 23.4. The van der Waals surface area contributed by atoms with E-state index < -0.39 is 26.6 Å². The molecule has 0 aromatic carbocycles. The van der Waals surface area contributed by atoms with Gasteiger partial charge in [0.1, 0.15) is 13.2 Å². The van der Waals surface area contributed by atoms with E-state index in [0.717, 1.165) is 77.0 Å². The highest BCUT2D eigenvalue weighted by atomic mass is 31.2. The Morgan fingerprint density at radius 2 is 0.747 bits per heavy atom. The number of phosphoric ester groups is 1. The predicted molar refractivity (Wildman–Crippen MR) is 362 cm³/mol. The maximum absolute atomic E-state index is 13.0. The zero-order valence-electron chi connectivity index (χ0n) is 55.1. The zero-order chi connectivity index (χ0) is 60.5. The Kier molecular flexibility index (Phi) is 61.9. The summed E-state index contributed by atoms with van der Waals surface area (Å²) in [5.41, 5.74) is 0. The summed E-state index contributed by atoms with van der Waals surface area (Å²) >= 11 is 0. The van der Waals surface area contributed by atoms with E-state index >= 15 is 0 Å². The van der Waals surface area contributed by atoms with Crippen LogP contribution in [0.2, 0.25) is 0 Å². The molecule has 2 N–H and O–H groups in total. The Morgan fingerprint density at radius 3 is 1.12 bits per heavy atom. The van der Waals surface area contributed by atoms with Gasteiger partial charge in [0, 0.05) is 6.42 Å². The molecule has 0 aliphatic rings. The molecule has 0 aliphatic carbocycles. The van der Waals surface area contributed by atoms with Crippen LogP contribution >= 0.6 is 7.82 Å². The summed E-state index contributed by atoms with van der Waals surface area (Å²) in [6.45, 7) is 4.55. The first-order chi connectivity index (χ1) is 40.5. The number of nitrogens with zero attached hydrogens (tertiary/aromatic N) is 1. The number of amides is 1. The predicted octanol–water partition coefficient (Wildman–Crippen LogP) is 21.9. The zero-order valence-corrected chi connectivity index (χ0v) is 56.0. The summed E-state index contributed by atoms with van der Waals surface area (Å²) in [5.74, 6) is -0.207. The van der Waals surface area contributed by atoms with Crippen molar-refractivity contribution in [3.8, 4) is 0 Å². The van der Waals surface area contributed by atoms with Crippen LogP contribution in [0.1, 0.15) is 316 Å². The summed E-state index contributed by atoms with van der Waals surface area (Å²) in [6.07, 6.45) is 92.4. The smallest absolute Gasteiger partial charge is 0.268 e. The Balaban J connectivity index is 4.12. The molecule has 0 saturated heterocycles. The summed E-state index contributed by atoms with van der Waals surface area (Å²) in [4.78, 5) is 25.6. The van der Waals surface area contributed by atoms with E-state index in [9.17, 15) is 19.4 Å². The van der Waals surface area contributed by atoms with E-state index in [2.05, 4.69) is 104 Å². The van der Waals surface area contributed by atoms with Crippen LogP contribution in [-0.4, -0.2) is 68.5 Å². The highest BCUT2D eigenvalue weighted by molar-refractivity contribution is 7.45. The summed E-state index contributed by atoms with van der Waals surface area (Å²) in [6, 6.07) is -0.911. The molecule has 0 radical (unpaired) electrons. The van der Waals surface area contributed by atoms with Crippen LogP contribution in [0.5, 0.6) is 0 Å². The number of aliphatic hydroxyl groups excluding tert-OH is 1. The molecule has 482 valence electrons. The van der Waals surface area contributed by atoms with Gasteiger partial charge in [-0.1, -0.05) is 323 Å². The number of aliphatic hydroxyl groups is 1. The molecule has 1 amide bonds. The lowest BCUT2D eigenvalue weighted by Crippen LogP contribution is -2.45. The molecule has 0 bridgehead atoms. The first-order valence-corrected chi connectivity index (χ1v) is 36.6. The second kappa shape index (κ2) is 63.9. The molecule has 3 unspecified atom stereocenters. The molecule has 0 fully saturated rings. The summed E-state index contributed by atoms with van der Waals surface area (Å²) in [7, 11) is 1.24. The van der Waals surface area contributed by atoms with Crippen LogP contribution in [0, 0.1) is 0 Å². The number of quaternary nitrogens is 1. The van der Waals surface area contributed by atoms with Crippen molar-refractivity contribution in [1.82, 2.24) is 5.32 Å². The largest absolute Gasteiger partial charge is 0.756 e. The van der Waals surface area contributed by atoms with Gasteiger partial charge < -0.3 is 28.8 Å². The molecule has 0 heterocycles. The number of likely N-dealkylation sites (N-methyl/N-ethyl adjacent to an activating group) is 1. The van der Waals surface area contributed by atoms with Crippen LogP contribution in [0.15, 0.2) is 97.2 Å². The molecule has 3 atom stereocenters. The maximum Gasteiger partial charge on any atom is 0.268 e. The van der Waals surface area contributed by atoms with E-state index in [1.807, 2.05) is 27.2 Å². The molecule has 0 rings (SSSR count). The number of unbranched alkanes of at least 4 members (excludes halogenated alkanes) is 37. The van der Waals surface area contributed by atoms with Gasteiger partial charge >= 0.3 is 0 Å². The third-order valence-corrected chi connectivity index (χ3v) is 16.5. The summed E-state index contributed by atoms with van der Waals surface area (Å²) in [5, 5.41) is 13.9. The van der Waals surface area contributed by atoms with Gasteiger partial charge in [-0.05, 0) is 83.5 Å². The van der Waals surface area contributed by atoms with Crippen molar-refractivity contribution in [2.45, 2.75) is 328 Å². The monoisotopic (exact) mass is 1180 g/mol. The van der Waals surface area contributed by atoms with Crippen molar-refractivity contribution >= 4 is 13.7 Å². The number of hydrogen-bond donors (Lipinski definition) is 2. The fourth-order valence-electron chi connectivity index (χ4n) is 10.1. The lowest BCUT2D eigenvalue weighted by molar-refractivity contribution is -0.870. The number of hydrogen-bond acceptors (Lipinski definition) is 6. The average Bonchev–Trinajstić information content (AvgIpc) is 3.49. The Bertz CT molecular complexity index is 1670. The van der Waals surface area contributed by atoms with Crippen LogP contribution in [0.4, 0.5) is 0 Å². The molecule has 0 spiro atoms. The van der Waals surface area contributed by atoms with Gasteiger partial charge in [0.25, 0.3) is 7.82 Å². The molecule has 0 saturated carbocycles. The lowest BCUT2D eigenvalue weighted by atomic mass is 10.0. The Labute approximate surface area is 515 Å². The molecule has 8 nitrogen and oxygen atoms in total. The first kappa shape index (κ1) is 80.4. The second-order valence-electron chi connectivity index (χ2n) is 24.8. The van der Waals surface area contributed by atoms with Crippen LogP contribution in [0.25, 0.3) is 0 Å². The SMILES string of the molecule is CC/C=C\C/C=C\C/C=C\C/C=C\C/C=C\C/C=C\CCCCCCCCCCCCCCCCC(=O)NC(COP(=O)([O-])OCC[N+](C)(C)C)C(O)/C=C/CC/C=C/CCCCCCCCCCCCCCCCCCCCCCCC. The third-order valence-electron chi connectivity index (χ3n) is 15.5. The highest BCUT2D eigenvalue weighted by Crippen LogP contribution is 2.38. The van der Waals surface area contributed by atoms with Gasteiger partial charge in [0.05, 0.1) is 39.9 Å². The Hall–Kier alpha value is -2.58. The van der Waals surface area contributed by atoms with E-state index in [0.29, 0.717) is 17.4 Å². The molecular weight excluding hydrogens is 1040 g/mol. The molecule has 0 aromatic heterocycles. The van der Waals surface area contributed by atoms with E-state index in [1.54, 1.807) is 6.08 Å². The van der Waals surface area contributed by atoms with Crippen LogP contribution in [-0.2, 0) is 18.4 Å². The standard InChI is InChI=1S/C74H135N2O6P/c1-6-8-10-12-14-16-18-20-22-24-26-28-30-32-34-36-37-38-39-40-42-44-46-48-50-52-54-56-58-60-62-64-66-68-74(78)75-72(71-82-83(79,80)81-70-69-76(3,4)5)73(77)67-65-63-61-59-57-55-53-51-49-47-45-43-41-35-33-31-29-27-25-23-21-19-17-15-13-11-9-7-2/h8,10,14,16,20,22,26,28,32,34,37-38,57,59,65,67,72-73,77H,6-7,9,11-13,15,17-19,21,23-25,27,29-31,33,35-36,39-56,58,60-64,66,68-71H2,1-5H3,(H-,75,78,79,80)/b10-8-,16-14-,22-20-,28-26-,34-32-,38-37-,59-57+,67-65+. The molecule has 0 aliphatic heterocycles. The van der Waals surface area contributed by atoms with Crippen molar-refractivity contribution < 1.29 is 32.9 Å². The average molecular weight is 1180 g/mol. The Morgan fingerprint density at radius 1 is 0.434 bits per heavy atom. The minimum atomic E-state index is -4.62. The number of allylic oxidation sites excluding steroid dienone is 15. The van der Waals surface area contributed by atoms with Gasteiger partial charge in [0.2, 0.25) is 5.91 Å². The van der Waals surface area contributed by atoms with Crippen molar-refractivity contribution in [3.63, 3.8) is 0 Å². The van der Waals surface area contributed by atoms with Crippen LogP contribution in [0.3, 0.4) is 0 Å². The number of carbonyl (C=O) groups is 1. The first-order valence-electron chi connectivity index (χ1n) is 35.1. The maximum atomic E-state index is 13.0. The second-order valence-corrected chi connectivity index (χ2v) is 26.3. The minimum Gasteiger partial charge on any atom is -0.756 e. The van der Waals surface area contributed by atoms with Crippen molar-refractivity contribution in [2.24, 2.45) is 0 Å². The quantitative estimate of drug-likeness (QED) is 0.0272. The van der Waals surface area contributed by atoms with E-state index in [1.165, 1.54) is 218 Å². The van der Waals surface area contributed by atoms with E-state index in [4.69, 9.17) is 9.05 Å². The third kappa shape index (κ3) is 66.8. The van der Waals surface area contributed by atoms with Crippen molar-refractivity contribution in [2.75, 3.05) is 40.9 Å². The van der Waals surface area contributed by atoms with Crippen LogP contribution < -0.4 is 10.2 Å². The van der Waals surface area contributed by atoms with Gasteiger partial charge in [0.15, 0.2) is 0 Å². The van der Waals surface area contributed by atoms with Gasteiger partial charge in [-0.3, -0.25) is 9.36 Å². The number of nitrogens with one attached hydrogen (secondary N) is 1. The highest BCUT2D eigenvalue weighted by Gasteiger charge is 2.23. The minimum absolute atomic E-state index is 0.00928. The molecule has 83 heavy (non-hydrogen) atoms. The molecule has 0 aromatic rings. The number of rotatable bonds is 64.